The second kappa shape index (κ2) is 5.01. The topological polar surface area (TPSA) is 72.2 Å². The van der Waals surface area contributed by atoms with E-state index in [1.165, 1.54) is 0 Å². The average Bonchev–Trinajstić information content (AvgIpc) is 2.48. The monoisotopic (exact) mass is 284 g/mol. The fraction of sp³-hybridized carbons (Fsp3) is 0.125. The molecule has 1 aliphatic heterocycles. The van der Waals surface area contributed by atoms with Crippen molar-refractivity contribution in [3.63, 3.8) is 0 Å². The standard InChI is InChI=1S/C16H13FN2O2/c17-14-11(9-2-1-3-10(8-9)15(18)20)4-5-13-12(14)6-7-19-16(13)21/h1-5,8H,6-7H2,(H2,18,20)(H,19,21). The first-order chi connectivity index (χ1) is 10.1. The van der Waals surface area contributed by atoms with E-state index in [2.05, 4.69) is 5.32 Å². The summed E-state index contributed by atoms with van der Waals surface area (Å²) >= 11 is 0. The van der Waals surface area contributed by atoms with Crippen molar-refractivity contribution >= 4 is 11.8 Å². The first-order valence-electron chi connectivity index (χ1n) is 6.58. The van der Waals surface area contributed by atoms with Crippen molar-refractivity contribution in [1.29, 1.82) is 0 Å². The summed E-state index contributed by atoms with van der Waals surface area (Å²) in [6.07, 6.45) is 0.455. The molecule has 1 heterocycles. The zero-order valence-corrected chi connectivity index (χ0v) is 11.2. The summed E-state index contributed by atoms with van der Waals surface area (Å²) in [5, 5.41) is 2.68. The molecule has 2 aromatic rings. The fourth-order valence-corrected chi connectivity index (χ4v) is 2.54. The minimum Gasteiger partial charge on any atom is -0.366 e. The lowest BCUT2D eigenvalue weighted by molar-refractivity contribution is 0.0944. The van der Waals surface area contributed by atoms with Crippen molar-refractivity contribution in [3.05, 3.63) is 58.9 Å². The van der Waals surface area contributed by atoms with Gasteiger partial charge in [-0.1, -0.05) is 18.2 Å². The van der Waals surface area contributed by atoms with Crippen LogP contribution < -0.4 is 11.1 Å². The molecule has 0 atom stereocenters. The number of halogens is 1. The van der Waals surface area contributed by atoms with Crippen LogP contribution in [0.1, 0.15) is 26.3 Å². The molecule has 0 saturated heterocycles. The third kappa shape index (κ3) is 2.27. The van der Waals surface area contributed by atoms with Crippen molar-refractivity contribution < 1.29 is 14.0 Å². The lowest BCUT2D eigenvalue weighted by Crippen LogP contribution is -2.32. The molecule has 21 heavy (non-hydrogen) atoms. The minimum absolute atomic E-state index is 0.257. The van der Waals surface area contributed by atoms with Crippen LogP contribution in [0, 0.1) is 5.82 Å². The van der Waals surface area contributed by atoms with Crippen molar-refractivity contribution in [1.82, 2.24) is 5.32 Å². The van der Waals surface area contributed by atoms with E-state index in [1.54, 1.807) is 36.4 Å². The van der Waals surface area contributed by atoms with Gasteiger partial charge in [-0.2, -0.15) is 0 Å². The lowest BCUT2D eigenvalue weighted by atomic mass is 9.93. The van der Waals surface area contributed by atoms with Gasteiger partial charge in [0.2, 0.25) is 5.91 Å². The maximum atomic E-state index is 14.6. The molecule has 3 N–H and O–H groups in total. The van der Waals surface area contributed by atoms with Gasteiger partial charge >= 0.3 is 0 Å². The molecule has 3 rings (SSSR count). The van der Waals surface area contributed by atoms with E-state index in [4.69, 9.17) is 5.73 Å². The minimum atomic E-state index is -0.561. The smallest absolute Gasteiger partial charge is 0.251 e. The Hall–Kier alpha value is -2.69. The molecule has 0 fully saturated rings. The Morgan fingerprint density at radius 2 is 1.95 bits per heavy atom. The molecule has 5 heteroatoms. The van der Waals surface area contributed by atoms with E-state index in [0.717, 1.165) is 0 Å². The van der Waals surface area contributed by atoms with Gasteiger partial charge in [0.15, 0.2) is 0 Å². The number of fused-ring (bicyclic) bond motifs is 1. The number of hydrogen-bond donors (Lipinski definition) is 2. The van der Waals surface area contributed by atoms with Crippen molar-refractivity contribution in [2.24, 2.45) is 5.73 Å². The quantitative estimate of drug-likeness (QED) is 0.883. The molecular weight excluding hydrogens is 271 g/mol. The predicted molar refractivity (Wildman–Crippen MR) is 76.4 cm³/mol. The van der Waals surface area contributed by atoms with Gasteiger partial charge in [-0.05, 0) is 30.2 Å². The van der Waals surface area contributed by atoms with Crippen LogP contribution in [0.25, 0.3) is 11.1 Å². The molecule has 1 aliphatic rings. The number of amides is 2. The number of hydrogen-bond acceptors (Lipinski definition) is 2. The van der Waals surface area contributed by atoms with Gasteiger partial charge in [0, 0.05) is 28.8 Å². The summed E-state index contributed by atoms with van der Waals surface area (Å²) < 4.78 is 14.6. The van der Waals surface area contributed by atoms with Crippen LogP contribution in [-0.4, -0.2) is 18.4 Å². The Morgan fingerprint density at radius 3 is 2.71 bits per heavy atom. The summed E-state index contributed by atoms with van der Waals surface area (Å²) in [6, 6.07) is 9.66. The predicted octanol–water partition coefficient (Wildman–Crippen LogP) is 1.88. The van der Waals surface area contributed by atoms with Crippen LogP contribution in [-0.2, 0) is 6.42 Å². The number of nitrogens with one attached hydrogen (secondary N) is 1. The molecular formula is C16H13FN2O2. The van der Waals surface area contributed by atoms with E-state index in [1.807, 2.05) is 0 Å². The molecule has 0 aliphatic carbocycles. The van der Waals surface area contributed by atoms with Crippen LogP contribution in [0.5, 0.6) is 0 Å². The second-order valence-electron chi connectivity index (χ2n) is 4.90. The third-order valence-electron chi connectivity index (χ3n) is 3.61. The number of carbonyl (C=O) groups excluding carboxylic acids is 2. The van der Waals surface area contributed by atoms with E-state index in [-0.39, 0.29) is 5.91 Å². The Morgan fingerprint density at radius 1 is 1.19 bits per heavy atom. The first kappa shape index (κ1) is 13.3. The van der Waals surface area contributed by atoms with Gasteiger partial charge in [-0.3, -0.25) is 9.59 Å². The summed E-state index contributed by atoms with van der Waals surface area (Å²) in [5.41, 5.74) is 7.28. The van der Waals surface area contributed by atoms with Crippen molar-refractivity contribution in [2.45, 2.75) is 6.42 Å². The largest absolute Gasteiger partial charge is 0.366 e. The van der Waals surface area contributed by atoms with E-state index < -0.39 is 11.7 Å². The zero-order chi connectivity index (χ0) is 15.0. The molecule has 0 bridgehead atoms. The summed E-state index contributed by atoms with van der Waals surface area (Å²) in [6.45, 7) is 0.424. The van der Waals surface area contributed by atoms with E-state index in [9.17, 15) is 14.0 Å². The number of benzene rings is 2. The van der Waals surface area contributed by atoms with Gasteiger partial charge in [0.25, 0.3) is 5.91 Å². The highest BCUT2D eigenvalue weighted by atomic mass is 19.1. The molecule has 0 saturated carbocycles. The Kier molecular flexibility index (Phi) is 3.17. The SMILES string of the molecule is NC(=O)c1cccc(-c2ccc3c(c2F)CCNC3=O)c1. The highest BCUT2D eigenvalue weighted by Crippen LogP contribution is 2.29. The highest BCUT2D eigenvalue weighted by molar-refractivity contribution is 5.98. The maximum absolute atomic E-state index is 14.6. The number of rotatable bonds is 2. The van der Waals surface area contributed by atoms with Gasteiger partial charge in [0.05, 0.1) is 0 Å². The van der Waals surface area contributed by atoms with Crippen molar-refractivity contribution in [2.75, 3.05) is 6.54 Å². The second-order valence-corrected chi connectivity index (χ2v) is 4.90. The Bertz CT molecular complexity index is 756. The molecule has 2 aromatic carbocycles. The van der Waals surface area contributed by atoms with Gasteiger partial charge in [0.1, 0.15) is 5.82 Å². The Balaban J connectivity index is 2.14. The van der Waals surface area contributed by atoms with E-state index >= 15 is 0 Å². The summed E-state index contributed by atoms with van der Waals surface area (Å²) in [4.78, 5) is 22.9. The zero-order valence-electron chi connectivity index (χ0n) is 11.2. The summed E-state index contributed by atoms with van der Waals surface area (Å²) in [7, 11) is 0. The maximum Gasteiger partial charge on any atom is 0.251 e. The van der Waals surface area contributed by atoms with Crippen LogP contribution in [0.15, 0.2) is 36.4 Å². The van der Waals surface area contributed by atoms with E-state index in [0.29, 0.717) is 40.8 Å². The normalized spacial score (nSPS) is 13.5. The molecule has 0 spiro atoms. The van der Waals surface area contributed by atoms with Gasteiger partial charge < -0.3 is 11.1 Å². The highest BCUT2D eigenvalue weighted by Gasteiger charge is 2.22. The van der Waals surface area contributed by atoms with Crippen LogP contribution in [0.2, 0.25) is 0 Å². The Labute approximate surface area is 120 Å². The molecule has 106 valence electrons. The molecule has 0 aromatic heterocycles. The molecule has 0 radical (unpaired) electrons. The molecule has 0 unspecified atom stereocenters. The van der Waals surface area contributed by atoms with Crippen molar-refractivity contribution in [3.8, 4) is 11.1 Å². The van der Waals surface area contributed by atoms with Crippen LogP contribution in [0.4, 0.5) is 4.39 Å². The molecule has 2 amide bonds. The number of carbonyl (C=O) groups is 2. The van der Waals surface area contributed by atoms with Crippen LogP contribution >= 0.6 is 0 Å². The van der Waals surface area contributed by atoms with Crippen LogP contribution in [0.3, 0.4) is 0 Å². The summed E-state index contributed by atoms with van der Waals surface area (Å²) in [5.74, 6) is -1.23. The number of nitrogens with two attached hydrogens (primary N) is 1. The first-order valence-corrected chi connectivity index (χ1v) is 6.58. The average molecular weight is 284 g/mol. The third-order valence-corrected chi connectivity index (χ3v) is 3.61. The van der Waals surface area contributed by atoms with Gasteiger partial charge in [-0.25, -0.2) is 4.39 Å². The lowest BCUT2D eigenvalue weighted by Gasteiger charge is -2.18. The number of primary amides is 1. The molecule has 4 nitrogen and oxygen atoms in total. The van der Waals surface area contributed by atoms with Gasteiger partial charge in [-0.15, -0.1) is 0 Å². The fourth-order valence-electron chi connectivity index (χ4n) is 2.54.